The van der Waals surface area contributed by atoms with Crippen LogP contribution in [0.3, 0.4) is 0 Å². The zero-order valence-electron chi connectivity index (χ0n) is 18.4. The van der Waals surface area contributed by atoms with E-state index in [1.807, 2.05) is 48.5 Å². The number of carbonyl (C=O) groups is 1. The van der Waals surface area contributed by atoms with E-state index < -0.39 is 5.41 Å². The van der Waals surface area contributed by atoms with Crippen LogP contribution < -0.4 is 14.8 Å². The summed E-state index contributed by atoms with van der Waals surface area (Å²) in [5.74, 6) is 2.48. The number of H-pyrrole nitrogens is 1. The molecule has 0 radical (unpaired) electrons. The molecule has 0 atom stereocenters. The highest BCUT2D eigenvalue weighted by Gasteiger charge is 2.42. The molecule has 1 aliphatic rings. The van der Waals surface area contributed by atoms with Gasteiger partial charge >= 0.3 is 0 Å². The first-order valence-corrected chi connectivity index (χ1v) is 10.7. The molecule has 2 heterocycles. The van der Waals surface area contributed by atoms with Crippen molar-refractivity contribution in [3.63, 3.8) is 0 Å². The number of nitrogens with one attached hydrogen (secondary N) is 2. The van der Waals surface area contributed by atoms with Crippen LogP contribution in [-0.2, 0) is 27.8 Å². The maximum atomic E-state index is 13.4. The molecule has 0 unspecified atom stereocenters. The number of aryl methyl sites for hydroxylation is 2. The van der Waals surface area contributed by atoms with E-state index in [1.54, 1.807) is 14.2 Å². The summed E-state index contributed by atoms with van der Waals surface area (Å²) in [4.78, 5) is 17.9. The van der Waals surface area contributed by atoms with E-state index in [9.17, 15) is 4.79 Å². The third-order valence-electron chi connectivity index (χ3n) is 5.99. The third-order valence-corrected chi connectivity index (χ3v) is 5.99. The van der Waals surface area contributed by atoms with Crippen molar-refractivity contribution in [1.82, 2.24) is 15.2 Å². The number of ether oxygens (including phenoxy) is 3. The maximum Gasteiger partial charge on any atom is 0.248 e. The van der Waals surface area contributed by atoms with Crippen LogP contribution in [-0.4, -0.2) is 48.5 Å². The first-order chi connectivity index (χ1) is 15.6. The van der Waals surface area contributed by atoms with Gasteiger partial charge in [-0.2, -0.15) is 4.98 Å². The van der Waals surface area contributed by atoms with E-state index in [1.165, 1.54) is 5.56 Å². The highest BCUT2D eigenvalue weighted by Crippen LogP contribution is 2.36. The Hall–Kier alpha value is -3.39. The molecule has 32 heavy (non-hydrogen) atoms. The van der Waals surface area contributed by atoms with Crippen LogP contribution in [0.2, 0.25) is 0 Å². The second kappa shape index (κ2) is 9.82. The minimum atomic E-state index is -0.686. The lowest BCUT2D eigenvalue weighted by Crippen LogP contribution is -2.45. The van der Waals surface area contributed by atoms with Gasteiger partial charge in [0.2, 0.25) is 11.9 Å². The van der Waals surface area contributed by atoms with Crippen LogP contribution in [0, 0.1) is 0 Å². The van der Waals surface area contributed by atoms with Crippen LogP contribution in [0.15, 0.2) is 48.5 Å². The number of aromatic amines is 1. The number of benzene rings is 2. The first-order valence-electron chi connectivity index (χ1n) is 10.7. The Morgan fingerprint density at radius 2 is 1.62 bits per heavy atom. The Labute approximate surface area is 187 Å². The Morgan fingerprint density at radius 3 is 2.25 bits per heavy atom. The molecule has 0 spiro atoms. The number of hydrogen-bond acceptors (Lipinski definition) is 6. The third kappa shape index (κ3) is 4.75. The molecular weight excluding hydrogens is 408 g/mol. The number of rotatable bonds is 8. The summed E-state index contributed by atoms with van der Waals surface area (Å²) >= 11 is 0. The lowest BCUT2D eigenvalue weighted by Gasteiger charge is -2.35. The van der Waals surface area contributed by atoms with Crippen molar-refractivity contribution in [1.29, 1.82) is 0 Å². The van der Waals surface area contributed by atoms with Crippen LogP contribution in [0.5, 0.6) is 11.5 Å². The molecule has 0 aliphatic carbocycles. The largest absolute Gasteiger partial charge is 0.497 e. The SMILES string of the molecule is COc1ccc(CCc2nc(NC(=O)C3(c4ccc(OC)cc4)CCOCC3)n[nH]2)cc1. The molecular formula is C24H28N4O4. The van der Waals surface area contributed by atoms with E-state index >= 15 is 0 Å². The zero-order chi connectivity index (χ0) is 22.4. The van der Waals surface area contributed by atoms with E-state index in [2.05, 4.69) is 20.5 Å². The average Bonchev–Trinajstić information content (AvgIpc) is 3.30. The molecule has 1 aliphatic heterocycles. The Bertz CT molecular complexity index is 1020. The van der Waals surface area contributed by atoms with Gasteiger partial charge in [-0.25, -0.2) is 0 Å². The van der Waals surface area contributed by atoms with Gasteiger partial charge in [0.15, 0.2) is 0 Å². The van der Waals surface area contributed by atoms with E-state index in [0.717, 1.165) is 29.3 Å². The Morgan fingerprint density at radius 1 is 1.00 bits per heavy atom. The number of nitrogens with zero attached hydrogens (tertiary/aromatic N) is 2. The van der Waals surface area contributed by atoms with Crippen LogP contribution in [0.25, 0.3) is 0 Å². The number of hydrogen-bond donors (Lipinski definition) is 2. The molecule has 0 bridgehead atoms. The molecule has 3 aromatic rings. The molecule has 2 N–H and O–H groups in total. The number of amides is 1. The van der Waals surface area contributed by atoms with Gasteiger partial charge in [0.1, 0.15) is 17.3 Å². The van der Waals surface area contributed by atoms with Crippen molar-refractivity contribution in [3.05, 3.63) is 65.5 Å². The lowest BCUT2D eigenvalue weighted by atomic mass is 9.73. The van der Waals surface area contributed by atoms with Crippen LogP contribution in [0.1, 0.15) is 29.8 Å². The van der Waals surface area contributed by atoms with Gasteiger partial charge in [-0.15, -0.1) is 5.10 Å². The summed E-state index contributed by atoms with van der Waals surface area (Å²) in [6.07, 6.45) is 2.69. The highest BCUT2D eigenvalue weighted by atomic mass is 16.5. The highest BCUT2D eigenvalue weighted by molar-refractivity contribution is 5.98. The van der Waals surface area contributed by atoms with E-state index in [4.69, 9.17) is 14.2 Å². The summed E-state index contributed by atoms with van der Waals surface area (Å²) in [5, 5.41) is 10.1. The molecule has 168 valence electrons. The normalized spacial score (nSPS) is 15.2. The second-order valence-electron chi connectivity index (χ2n) is 7.83. The lowest BCUT2D eigenvalue weighted by molar-refractivity contribution is -0.125. The first kappa shape index (κ1) is 21.8. The number of anilines is 1. The Balaban J connectivity index is 1.43. The summed E-state index contributed by atoms with van der Waals surface area (Å²) in [5.41, 5.74) is 1.43. The van der Waals surface area contributed by atoms with Gasteiger partial charge in [0.05, 0.1) is 19.6 Å². The van der Waals surface area contributed by atoms with Crippen molar-refractivity contribution in [2.24, 2.45) is 0 Å². The fourth-order valence-electron chi connectivity index (χ4n) is 4.02. The monoisotopic (exact) mass is 436 g/mol. The van der Waals surface area contributed by atoms with Gasteiger partial charge in [-0.3, -0.25) is 15.2 Å². The van der Waals surface area contributed by atoms with Gasteiger partial charge in [-0.05, 0) is 54.7 Å². The van der Waals surface area contributed by atoms with Crippen molar-refractivity contribution >= 4 is 11.9 Å². The number of aromatic nitrogens is 3. The molecule has 4 rings (SSSR count). The maximum absolute atomic E-state index is 13.4. The zero-order valence-corrected chi connectivity index (χ0v) is 18.4. The molecule has 1 fully saturated rings. The predicted octanol–water partition coefficient (Wildman–Crippen LogP) is 3.29. The van der Waals surface area contributed by atoms with Gasteiger partial charge < -0.3 is 14.2 Å². The summed E-state index contributed by atoms with van der Waals surface area (Å²) < 4.78 is 16.0. The van der Waals surface area contributed by atoms with Crippen molar-refractivity contribution in [2.45, 2.75) is 31.1 Å². The van der Waals surface area contributed by atoms with Crippen molar-refractivity contribution < 1.29 is 19.0 Å². The number of carbonyl (C=O) groups excluding carboxylic acids is 1. The standard InChI is InChI=1S/C24H28N4O4/c1-30-19-8-3-17(4-9-19)5-12-21-25-23(28-27-21)26-22(29)24(13-15-32-16-14-24)18-6-10-20(31-2)11-7-18/h3-4,6-11H,5,12-16H2,1-2H3,(H2,25,26,27,28,29). The molecule has 0 saturated carbocycles. The fraction of sp³-hybridized carbons (Fsp3) is 0.375. The minimum Gasteiger partial charge on any atom is -0.497 e. The average molecular weight is 437 g/mol. The van der Waals surface area contributed by atoms with Crippen LogP contribution in [0.4, 0.5) is 5.95 Å². The molecule has 8 heteroatoms. The number of methoxy groups -OCH3 is 2. The molecule has 1 amide bonds. The molecule has 2 aromatic carbocycles. The molecule has 1 saturated heterocycles. The molecule has 1 aromatic heterocycles. The molecule has 8 nitrogen and oxygen atoms in total. The van der Waals surface area contributed by atoms with E-state index in [-0.39, 0.29) is 5.91 Å². The van der Waals surface area contributed by atoms with Gasteiger partial charge in [0, 0.05) is 19.6 Å². The Kier molecular flexibility index (Phi) is 6.70. The van der Waals surface area contributed by atoms with Crippen molar-refractivity contribution in [2.75, 3.05) is 32.8 Å². The minimum absolute atomic E-state index is 0.119. The van der Waals surface area contributed by atoms with Gasteiger partial charge in [0.25, 0.3) is 0 Å². The fourth-order valence-corrected chi connectivity index (χ4v) is 4.02. The summed E-state index contributed by atoms with van der Waals surface area (Å²) in [7, 11) is 3.28. The topological polar surface area (TPSA) is 98.4 Å². The quantitative estimate of drug-likeness (QED) is 0.562. The summed E-state index contributed by atoms with van der Waals surface area (Å²) in [6.45, 7) is 1.06. The van der Waals surface area contributed by atoms with Crippen LogP contribution >= 0.6 is 0 Å². The van der Waals surface area contributed by atoms with Crippen molar-refractivity contribution in [3.8, 4) is 11.5 Å². The summed E-state index contributed by atoms with van der Waals surface area (Å²) in [6, 6.07) is 15.6. The van der Waals surface area contributed by atoms with Gasteiger partial charge in [-0.1, -0.05) is 24.3 Å². The second-order valence-corrected chi connectivity index (χ2v) is 7.83. The predicted molar refractivity (Wildman–Crippen MR) is 120 cm³/mol. The smallest absolute Gasteiger partial charge is 0.248 e. The van der Waals surface area contributed by atoms with E-state index in [0.29, 0.717) is 38.4 Å².